The van der Waals surface area contributed by atoms with Crippen molar-refractivity contribution in [3.8, 4) is 11.5 Å². The van der Waals surface area contributed by atoms with Gasteiger partial charge in [0.15, 0.2) is 4.75 Å². The highest BCUT2D eigenvalue weighted by Gasteiger charge is 2.49. The molecular formula is C19H12Cl4O5S. The Morgan fingerprint density at radius 1 is 0.690 bits per heavy atom. The van der Waals surface area contributed by atoms with Crippen LogP contribution in [0, 0.1) is 0 Å². The molecule has 0 aliphatic carbocycles. The SMILES string of the molecule is O=S(=O)(O)C(c1cccc(Cl)c1)(c1cc(Cl)cc(Cl)c1)c1cc(O)c(Cl)c(O)c1. The van der Waals surface area contributed by atoms with E-state index in [1.54, 1.807) is 0 Å². The van der Waals surface area contributed by atoms with Crippen LogP contribution in [0.2, 0.25) is 20.1 Å². The standard InChI is InChI=1S/C19H12Cl4O5S/c20-13-3-1-2-10(4-13)19(29(26,27)28,11-5-14(21)9-15(22)6-11)12-7-16(24)18(23)17(25)8-12/h1-9,24-25H,(H,26,27,28). The van der Waals surface area contributed by atoms with Crippen molar-refractivity contribution in [1.29, 1.82) is 0 Å². The van der Waals surface area contributed by atoms with Gasteiger partial charge in [-0.2, -0.15) is 8.42 Å². The average molecular weight is 494 g/mol. The summed E-state index contributed by atoms with van der Waals surface area (Å²) in [7, 11) is -5.02. The molecule has 3 N–H and O–H groups in total. The number of hydrogen-bond donors (Lipinski definition) is 3. The van der Waals surface area contributed by atoms with Crippen molar-refractivity contribution >= 4 is 56.5 Å². The zero-order valence-electron chi connectivity index (χ0n) is 14.3. The second kappa shape index (κ2) is 7.87. The zero-order valence-corrected chi connectivity index (χ0v) is 18.1. The summed E-state index contributed by atoms with van der Waals surface area (Å²) in [5, 5.41) is 20.3. The second-order valence-corrected chi connectivity index (χ2v) is 9.40. The van der Waals surface area contributed by atoms with Gasteiger partial charge in [-0.3, -0.25) is 4.55 Å². The number of phenols is 2. The van der Waals surface area contributed by atoms with Gasteiger partial charge in [0.2, 0.25) is 0 Å². The van der Waals surface area contributed by atoms with Crippen LogP contribution in [0.5, 0.6) is 11.5 Å². The highest BCUT2D eigenvalue weighted by molar-refractivity contribution is 7.87. The molecule has 0 saturated carbocycles. The van der Waals surface area contributed by atoms with Gasteiger partial charge in [-0.05, 0) is 59.2 Å². The fourth-order valence-electron chi connectivity index (χ4n) is 3.21. The molecule has 5 nitrogen and oxygen atoms in total. The number of aromatic hydroxyl groups is 2. The van der Waals surface area contributed by atoms with Crippen molar-refractivity contribution in [3.05, 3.63) is 91.4 Å². The first-order valence-corrected chi connectivity index (χ1v) is 10.8. The maximum Gasteiger partial charge on any atom is 0.283 e. The highest BCUT2D eigenvalue weighted by atomic mass is 35.5. The topological polar surface area (TPSA) is 94.8 Å². The van der Waals surface area contributed by atoms with Crippen molar-refractivity contribution in [1.82, 2.24) is 0 Å². The normalized spacial score (nSPS) is 13.8. The summed E-state index contributed by atoms with van der Waals surface area (Å²) >= 11 is 24.1. The van der Waals surface area contributed by atoms with E-state index in [4.69, 9.17) is 46.4 Å². The molecular weight excluding hydrogens is 482 g/mol. The quantitative estimate of drug-likeness (QED) is 0.311. The van der Waals surface area contributed by atoms with Gasteiger partial charge in [0.05, 0.1) is 0 Å². The molecule has 0 aromatic heterocycles. The molecule has 0 aliphatic heterocycles. The Kier molecular flexibility index (Phi) is 5.98. The Balaban J connectivity index is 2.58. The fraction of sp³-hybridized carbons (Fsp3) is 0.0526. The third-order valence-corrected chi connectivity index (χ3v) is 6.87. The van der Waals surface area contributed by atoms with Crippen LogP contribution in [0.4, 0.5) is 0 Å². The first kappa shape index (κ1) is 22.0. The third kappa shape index (κ3) is 3.89. The second-order valence-electron chi connectivity index (χ2n) is 6.15. The van der Waals surface area contributed by atoms with E-state index < -0.39 is 26.4 Å². The molecule has 0 radical (unpaired) electrons. The van der Waals surface area contributed by atoms with E-state index in [1.165, 1.54) is 42.5 Å². The predicted molar refractivity (Wildman–Crippen MR) is 114 cm³/mol. The van der Waals surface area contributed by atoms with E-state index in [1.807, 2.05) is 0 Å². The van der Waals surface area contributed by atoms with Crippen molar-refractivity contribution in [2.75, 3.05) is 0 Å². The minimum absolute atomic E-state index is 0.0203. The highest BCUT2D eigenvalue weighted by Crippen LogP contribution is 2.48. The lowest BCUT2D eigenvalue weighted by Crippen LogP contribution is -2.38. The number of phenolic OH excluding ortho intramolecular Hbond substituents is 2. The smallest absolute Gasteiger partial charge is 0.283 e. The summed E-state index contributed by atoms with van der Waals surface area (Å²) in [6.45, 7) is 0. The molecule has 1 atom stereocenters. The van der Waals surface area contributed by atoms with Gasteiger partial charge in [0, 0.05) is 15.1 Å². The first-order chi connectivity index (χ1) is 13.5. The summed E-state index contributed by atoms with van der Waals surface area (Å²) in [6, 6.07) is 11.8. The molecule has 10 heteroatoms. The van der Waals surface area contributed by atoms with Crippen LogP contribution in [0.3, 0.4) is 0 Å². The van der Waals surface area contributed by atoms with E-state index in [9.17, 15) is 23.2 Å². The van der Waals surface area contributed by atoms with E-state index >= 15 is 0 Å². The van der Waals surface area contributed by atoms with Crippen LogP contribution < -0.4 is 0 Å². The predicted octanol–water partition coefficient (Wildman–Crippen LogP) is 5.89. The summed E-state index contributed by atoms with van der Waals surface area (Å²) in [4.78, 5) is 0. The molecule has 0 bridgehead atoms. The van der Waals surface area contributed by atoms with E-state index in [2.05, 4.69) is 0 Å². The maximum absolute atomic E-state index is 12.9. The minimum Gasteiger partial charge on any atom is -0.506 e. The van der Waals surface area contributed by atoms with Gasteiger partial charge in [0.25, 0.3) is 10.1 Å². The minimum atomic E-state index is -5.02. The van der Waals surface area contributed by atoms with Crippen LogP contribution in [0.15, 0.2) is 54.6 Å². The first-order valence-electron chi connectivity index (χ1n) is 7.88. The van der Waals surface area contributed by atoms with E-state index in [0.717, 1.165) is 12.1 Å². The molecule has 0 saturated heterocycles. The van der Waals surface area contributed by atoms with Gasteiger partial charge in [-0.15, -0.1) is 0 Å². The van der Waals surface area contributed by atoms with Gasteiger partial charge in [0.1, 0.15) is 16.5 Å². The lowest BCUT2D eigenvalue weighted by atomic mass is 9.83. The number of hydrogen-bond acceptors (Lipinski definition) is 4. The molecule has 29 heavy (non-hydrogen) atoms. The molecule has 0 aliphatic rings. The Morgan fingerprint density at radius 3 is 1.66 bits per heavy atom. The molecule has 152 valence electrons. The van der Waals surface area contributed by atoms with Crippen LogP contribution in [0.1, 0.15) is 16.7 Å². The van der Waals surface area contributed by atoms with E-state index in [0.29, 0.717) is 0 Å². The molecule has 0 fully saturated rings. The third-order valence-electron chi connectivity index (χ3n) is 4.33. The number of rotatable bonds is 4. The summed E-state index contributed by atoms with van der Waals surface area (Å²) in [5.74, 6) is -1.19. The monoisotopic (exact) mass is 492 g/mol. The van der Waals surface area contributed by atoms with Gasteiger partial charge >= 0.3 is 0 Å². The van der Waals surface area contributed by atoms with Gasteiger partial charge in [-0.25, -0.2) is 0 Å². The number of halogens is 4. The Morgan fingerprint density at radius 2 is 1.17 bits per heavy atom. The Bertz CT molecular complexity index is 1170. The lowest BCUT2D eigenvalue weighted by molar-refractivity contribution is 0.444. The van der Waals surface area contributed by atoms with Crippen LogP contribution in [0.25, 0.3) is 0 Å². The molecule has 3 aromatic carbocycles. The maximum atomic E-state index is 12.9. The molecule has 0 amide bonds. The van der Waals surface area contributed by atoms with Crippen LogP contribution in [-0.4, -0.2) is 23.2 Å². The number of benzene rings is 3. The van der Waals surface area contributed by atoms with E-state index in [-0.39, 0.29) is 36.8 Å². The molecule has 1 unspecified atom stereocenters. The van der Waals surface area contributed by atoms with Gasteiger partial charge in [-0.1, -0.05) is 58.5 Å². The van der Waals surface area contributed by atoms with Crippen molar-refractivity contribution in [3.63, 3.8) is 0 Å². The Labute approximate surface area is 186 Å². The van der Waals surface area contributed by atoms with Crippen molar-refractivity contribution in [2.24, 2.45) is 0 Å². The summed E-state index contributed by atoms with van der Waals surface area (Å²) in [6.07, 6.45) is 0. The van der Waals surface area contributed by atoms with Crippen molar-refractivity contribution < 1.29 is 23.2 Å². The summed E-state index contributed by atoms with van der Waals surface area (Å²) < 4.78 is 34.0. The zero-order chi connectivity index (χ0) is 21.6. The van der Waals surface area contributed by atoms with Crippen molar-refractivity contribution in [2.45, 2.75) is 4.75 Å². The Hall–Kier alpha value is -1.67. The van der Waals surface area contributed by atoms with Gasteiger partial charge < -0.3 is 10.2 Å². The average Bonchev–Trinajstić information content (AvgIpc) is 2.58. The van der Waals surface area contributed by atoms with Crippen LogP contribution >= 0.6 is 46.4 Å². The fourth-order valence-corrected chi connectivity index (χ4v) is 5.29. The summed E-state index contributed by atoms with van der Waals surface area (Å²) in [5.41, 5.74) is -0.229. The molecule has 0 spiro atoms. The lowest BCUT2D eigenvalue weighted by Gasteiger charge is -2.33. The molecule has 3 rings (SSSR count). The van der Waals surface area contributed by atoms with Crippen LogP contribution in [-0.2, 0) is 14.9 Å². The molecule has 0 heterocycles. The molecule has 3 aromatic rings. The largest absolute Gasteiger partial charge is 0.506 e.